The van der Waals surface area contributed by atoms with Crippen molar-refractivity contribution in [3.63, 3.8) is 0 Å². The van der Waals surface area contributed by atoms with Gasteiger partial charge in [0.15, 0.2) is 12.2 Å². The minimum atomic E-state index is -4.97. The molecule has 0 saturated heterocycles. The number of hydrogen-bond donors (Lipinski definition) is 3. The van der Waals surface area contributed by atoms with Crippen LogP contribution in [0.15, 0.2) is 0 Å². The van der Waals surface area contributed by atoms with E-state index >= 15 is 0 Å². The zero-order valence-electron chi connectivity index (χ0n) is 69.4. The van der Waals surface area contributed by atoms with Gasteiger partial charge in [-0.1, -0.05) is 426 Å². The van der Waals surface area contributed by atoms with E-state index in [0.29, 0.717) is 25.7 Å². The average molecular weight is 1550 g/mol. The molecule has 3 unspecified atom stereocenters. The van der Waals surface area contributed by atoms with Gasteiger partial charge in [0.25, 0.3) is 0 Å². The molecule has 106 heavy (non-hydrogen) atoms. The van der Waals surface area contributed by atoms with Crippen molar-refractivity contribution >= 4 is 39.5 Å². The number of esters is 4. The molecule has 0 saturated carbocycles. The van der Waals surface area contributed by atoms with Crippen molar-refractivity contribution in [2.24, 2.45) is 0 Å². The van der Waals surface area contributed by atoms with Crippen molar-refractivity contribution in [2.45, 2.75) is 495 Å². The van der Waals surface area contributed by atoms with Gasteiger partial charge in [0.2, 0.25) is 0 Å². The summed E-state index contributed by atoms with van der Waals surface area (Å²) >= 11 is 0. The molecule has 0 aliphatic carbocycles. The van der Waals surface area contributed by atoms with Crippen LogP contribution in [-0.4, -0.2) is 96.7 Å². The second-order valence-corrected chi connectivity index (χ2v) is 34.2. The standard InChI is InChI=1S/C87H170O17P2/c1-5-9-13-17-21-25-29-33-36-39-40-43-46-50-54-58-62-66-70-74-87(92)104-83(78-98-85(90)72-68-64-60-56-52-48-44-41-37-34-30-26-22-18-14-10-6-2)80-102-106(95,96)100-76-81(88)75-99-105(93,94)101-79-82(77-97-84(89)71-67-63-59-55-51-47-32-28-24-20-16-12-8-4)103-86(91)73-69-65-61-57-53-49-45-42-38-35-31-27-23-19-15-11-7-3/h81-83,88H,5-80H2,1-4H3,(H,93,94)(H,95,96)/t81?,82-,83-/m1/s1. The summed E-state index contributed by atoms with van der Waals surface area (Å²) in [7, 11) is -9.93. The molecule has 0 aromatic heterocycles. The summed E-state index contributed by atoms with van der Waals surface area (Å²) in [6.07, 6.45) is 76.2. The lowest BCUT2D eigenvalue weighted by molar-refractivity contribution is -0.161. The van der Waals surface area contributed by atoms with Crippen LogP contribution < -0.4 is 0 Å². The lowest BCUT2D eigenvalue weighted by Crippen LogP contribution is -2.30. The van der Waals surface area contributed by atoms with Crippen molar-refractivity contribution in [2.75, 3.05) is 39.6 Å². The Morgan fingerprint density at radius 3 is 0.557 bits per heavy atom. The van der Waals surface area contributed by atoms with Crippen LogP contribution in [0.3, 0.4) is 0 Å². The zero-order valence-corrected chi connectivity index (χ0v) is 71.2. The van der Waals surface area contributed by atoms with Gasteiger partial charge in [-0.15, -0.1) is 0 Å². The molecule has 630 valence electrons. The van der Waals surface area contributed by atoms with Crippen LogP contribution in [0.2, 0.25) is 0 Å². The smallest absolute Gasteiger partial charge is 0.462 e. The first-order valence-corrected chi connectivity index (χ1v) is 48.3. The molecule has 0 radical (unpaired) electrons. The topological polar surface area (TPSA) is 237 Å². The molecule has 0 rings (SSSR count). The van der Waals surface area contributed by atoms with Crippen molar-refractivity contribution in [3.05, 3.63) is 0 Å². The zero-order chi connectivity index (χ0) is 77.4. The summed E-state index contributed by atoms with van der Waals surface area (Å²) in [5.41, 5.74) is 0. The Balaban J connectivity index is 5.26. The highest BCUT2D eigenvalue weighted by atomic mass is 31.2. The largest absolute Gasteiger partial charge is 0.472 e. The fraction of sp³-hybridized carbons (Fsp3) is 0.954. The number of hydrogen-bond acceptors (Lipinski definition) is 15. The van der Waals surface area contributed by atoms with E-state index in [0.717, 1.165) is 89.9 Å². The first kappa shape index (κ1) is 104. The Bertz CT molecular complexity index is 2000. The number of aliphatic hydroxyl groups is 1. The second-order valence-electron chi connectivity index (χ2n) is 31.3. The molecular formula is C87H170O17P2. The molecular weight excluding hydrogens is 1380 g/mol. The number of phosphoric acid groups is 2. The Morgan fingerprint density at radius 2 is 0.377 bits per heavy atom. The summed E-state index contributed by atoms with van der Waals surface area (Å²) in [6, 6.07) is 0. The van der Waals surface area contributed by atoms with E-state index in [-0.39, 0.29) is 25.7 Å². The van der Waals surface area contributed by atoms with Gasteiger partial charge in [0.05, 0.1) is 26.4 Å². The van der Waals surface area contributed by atoms with Crippen molar-refractivity contribution < 1.29 is 80.2 Å². The molecule has 3 N–H and O–H groups in total. The van der Waals surface area contributed by atoms with Gasteiger partial charge in [-0.05, 0) is 25.7 Å². The fourth-order valence-electron chi connectivity index (χ4n) is 13.7. The average Bonchev–Trinajstić information content (AvgIpc) is 0.899. The summed E-state index contributed by atoms with van der Waals surface area (Å²) in [5, 5.41) is 10.7. The van der Waals surface area contributed by atoms with E-state index in [4.69, 9.17) is 37.0 Å². The van der Waals surface area contributed by atoms with E-state index in [1.54, 1.807) is 0 Å². The van der Waals surface area contributed by atoms with Crippen LogP contribution in [-0.2, 0) is 65.4 Å². The molecule has 0 fully saturated rings. The fourth-order valence-corrected chi connectivity index (χ4v) is 15.3. The van der Waals surface area contributed by atoms with Gasteiger partial charge in [-0.3, -0.25) is 37.3 Å². The molecule has 0 aliphatic heterocycles. The minimum absolute atomic E-state index is 0.110. The molecule has 0 aliphatic rings. The molecule has 0 bridgehead atoms. The van der Waals surface area contributed by atoms with Crippen LogP contribution in [0.4, 0.5) is 0 Å². The van der Waals surface area contributed by atoms with Crippen LogP contribution in [0.5, 0.6) is 0 Å². The number of carbonyl (C=O) groups is 4. The molecule has 0 spiro atoms. The number of rotatable bonds is 88. The summed E-state index contributed by atoms with van der Waals surface area (Å²) in [5.74, 6) is -2.09. The van der Waals surface area contributed by atoms with E-state index in [2.05, 4.69) is 27.7 Å². The second kappa shape index (κ2) is 81.1. The maximum Gasteiger partial charge on any atom is 0.472 e. The summed E-state index contributed by atoms with van der Waals surface area (Å²) in [4.78, 5) is 73.3. The third-order valence-corrected chi connectivity index (χ3v) is 22.5. The highest BCUT2D eigenvalue weighted by molar-refractivity contribution is 7.47. The van der Waals surface area contributed by atoms with Crippen LogP contribution >= 0.6 is 15.6 Å². The molecule has 19 heteroatoms. The minimum Gasteiger partial charge on any atom is -0.462 e. The predicted octanol–water partition coefficient (Wildman–Crippen LogP) is 26.9. The van der Waals surface area contributed by atoms with Crippen LogP contribution in [0, 0.1) is 0 Å². The Labute approximate surface area is 651 Å². The maximum atomic E-state index is 13.2. The first-order valence-electron chi connectivity index (χ1n) is 45.3. The highest BCUT2D eigenvalue weighted by Crippen LogP contribution is 2.45. The Morgan fingerprint density at radius 1 is 0.226 bits per heavy atom. The SMILES string of the molecule is CCCCCCCCCCCCCCCCCCCCCC(=O)O[C@H](COC(=O)CCCCCCCCCCCCCCCCCCC)COP(=O)(O)OCC(O)COP(=O)(O)OC[C@@H](COC(=O)CCCCCCCCCCCCCCC)OC(=O)CCCCCCCCCCCCCCCCCCC. The number of aliphatic hydroxyl groups excluding tert-OH is 1. The van der Waals surface area contributed by atoms with Crippen LogP contribution in [0.1, 0.15) is 477 Å². The lowest BCUT2D eigenvalue weighted by atomic mass is 10.0. The molecule has 0 aromatic rings. The van der Waals surface area contributed by atoms with Crippen LogP contribution in [0.25, 0.3) is 0 Å². The van der Waals surface area contributed by atoms with Crippen molar-refractivity contribution in [1.29, 1.82) is 0 Å². The third kappa shape index (κ3) is 80.1. The molecule has 0 aromatic carbocycles. The Kier molecular flexibility index (Phi) is 79.6. The van der Waals surface area contributed by atoms with Gasteiger partial charge < -0.3 is 33.8 Å². The van der Waals surface area contributed by atoms with E-state index in [9.17, 15) is 43.2 Å². The number of unbranched alkanes of at least 4 members (excludes halogenated alkanes) is 62. The summed E-state index contributed by atoms with van der Waals surface area (Å²) in [6.45, 7) is 5.08. The highest BCUT2D eigenvalue weighted by Gasteiger charge is 2.30. The number of phosphoric ester groups is 2. The third-order valence-electron chi connectivity index (χ3n) is 20.6. The Hall–Kier alpha value is -1.94. The number of carbonyl (C=O) groups excluding carboxylic acids is 4. The normalized spacial score (nSPS) is 13.7. The monoisotopic (exact) mass is 1550 g/mol. The number of ether oxygens (including phenoxy) is 4. The van der Waals surface area contributed by atoms with E-state index < -0.39 is 97.5 Å². The first-order chi connectivity index (χ1) is 51.7. The molecule has 0 amide bonds. The van der Waals surface area contributed by atoms with Crippen molar-refractivity contribution in [1.82, 2.24) is 0 Å². The summed E-state index contributed by atoms with van der Waals surface area (Å²) < 4.78 is 69.0. The molecule has 0 heterocycles. The van der Waals surface area contributed by atoms with Gasteiger partial charge in [-0.2, -0.15) is 0 Å². The van der Waals surface area contributed by atoms with Gasteiger partial charge in [0, 0.05) is 25.7 Å². The molecule has 5 atom stereocenters. The van der Waals surface area contributed by atoms with Gasteiger partial charge in [-0.25, -0.2) is 9.13 Å². The van der Waals surface area contributed by atoms with Gasteiger partial charge in [0.1, 0.15) is 19.3 Å². The quantitative estimate of drug-likeness (QED) is 0.0222. The van der Waals surface area contributed by atoms with E-state index in [1.807, 2.05) is 0 Å². The van der Waals surface area contributed by atoms with E-state index in [1.165, 1.54) is 308 Å². The maximum absolute atomic E-state index is 13.2. The predicted molar refractivity (Wildman–Crippen MR) is 437 cm³/mol. The lowest BCUT2D eigenvalue weighted by Gasteiger charge is -2.21. The molecule has 17 nitrogen and oxygen atoms in total. The van der Waals surface area contributed by atoms with Crippen molar-refractivity contribution in [3.8, 4) is 0 Å². The van der Waals surface area contributed by atoms with Gasteiger partial charge >= 0.3 is 39.5 Å².